The molecule has 1 aromatic heterocycles. The maximum Gasteiger partial charge on any atom is 0.120 e. The molecule has 2 rings (SSSR count). The van der Waals surface area contributed by atoms with Crippen LogP contribution in [-0.4, -0.2) is 4.57 Å². The molecule has 0 aliphatic carbocycles. The number of nitrogens with one attached hydrogen (secondary N) is 1. The molecular formula is C13H12IN3. The molecular weight excluding hydrogens is 325 g/mol. The molecule has 0 bridgehead atoms. The molecule has 0 aliphatic heterocycles. The Labute approximate surface area is 114 Å². The van der Waals surface area contributed by atoms with Crippen LogP contribution < -0.4 is 5.32 Å². The Kier molecular flexibility index (Phi) is 3.69. The third-order valence-electron chi connectivity index (χ3n) is 2.52. The van der Waals surface area contributed by atoms with Gasteiger partial charge in [0.1, 0.15) is 11.8 Å². The maximum atomic E-state index is 8.86. The third-order valence-corrected chi connectivity index (χ3v) is 3.24. The second kappa shape index (κ2) is 5.23. The molecule has 1 N–H and O–H groups in total. The van der Waals surface area contributed by atoms with Crippen molar-refractivity contribution in [2.24, 2.45) is 7.05 Å². The van der Waals surface area contributed by atoms with Crippen molar-refractivity contribution in [2.45, 2.75) is 6.54 Å². The smallest absolute Gasteiger partial charge is 0.120 e. The number of halogens is 1. The van der Waals surface area contributed by atoms with Crippen molar-refractivity contribution < 1.29 is 0 Å². The summed E-state index contributed by atoms with van der Waals surface area (Å²) in [6.45, 7) is 0.732. The fourth-order valence-electron chi connectivity index (χ4n) is 1.61. The van der Waals surface area contributed by atoms with E-state index in [-0.39, 0.29) is 0 Å². The molecule has 1 aromatic carbocycles. The van der Waals surface area contributed by atoms with Gasteiger partial charge in [0.05, 0.1) is 0 Å². The third kappa shape index (κ3) is 3.01. The molecule has 0 amide bonds. The number of aryl methyl sites for hydroxylation is 1. The first-order chi connectivity index (χ1) is 8.19. The minimum atomic E-state index is 0.685. The minimum Gasteiger partial charge on any atom is -0.381 e. The van der Waals surface area contributed by atoms with Crippen molar-refractivity contribution >= 4 is 28.3 Å². The Morgan fingerprint density at radius 2 is 2.06 bits per heavy atom. The first kappa shape index (κ1) is 12.0. The second-order valence-corrected chi connectivity index (χ2v) is 5.06. The first-order valence-electron chi connectivity index (χ1n) is 5.24. The number of nitriles is 1. The number of rotatable bonds is 3. The van der Waals surface area contributed by atoms with E-state index in [1.54, 1.807) is 0 Å². The van der Waals surface area contributed by atoms with Crippen LogP contribution in [0.25, 0.3) is 0 Å². The molecule has 0 saturated carbocycles. The van der Waals surface area contributed by atoms with Gasteiger partial charge in [0.2, 0.25) is 0 Å². The highest BCUT2D eigenvalue weighted by atomic mass is 127. The van der Waals surface area contributed by atoms with Crippen LogP contribution in [0.2, 0.25) is 0 Å². The standard InChI is InChI=1S/C13H12IN3/c1-17-9-10(6-13(17)7-15)8-16-12-4-2-11(14)3-5-12/h2-6,9,16H,8H2,1H3. The Hall–Kier alpha value is -1.48. The second-order valence-electron chi connectivity index (χ2n) is 3.82. The highest BCUT2D eigenvalue weighted by molar-refractivity contribution is 14.1. The summed E-state index contributed by atoms with van der Waals surface area (Å²) in [7, 11) is 1.88. The first-order valence-corrected chi connectivity index (χ1v) is 6.31. The Morgan fingerprint density at radius 1 is 1.35 bits per heavy atom. The van der Waals surface area contributed by atoms with Gasteiger partial charge < -0.3 is 9.88 Å². The highest BCUT2D eigenvalue weighted by Crippen LogP contribution is 2.13. The fraction of sp³-hybridized carbons (Fsp3) is 0.154. The van der Waals surface area contributed by atoms with E-state index < -0.39 is 0 Å². The van der Waals surface area contributed by atoms with Crippen LogP contribution in [0.1, 0.15) is 11.3 Å². The number of hydrogen-bond donors (Lipinski definition) is 1. The van der Waals surface area contributed by atoms with Crippen LogP contribution >= 0.6 is 22.6 Å². The van der Waals surface area contributed by atoms with E-state index >= 15 is 0 Å². The van der Waals surface area contributed by atoms with Gasteiger partial charge in [-0.2, -0.15) is 5.26 Å². The van der Waals surface area contributed by atoms with E-state index in [1.807, 2.05) is 23.9 Å². The van der Waals surface area contributed by atoms with Crippen molar-refractivity contribution in [2.75, 3.05) is 5.32 Å². The van der Waals surface area contributed by atoms with Gasteiger partial charge in [-0.1, -0.05) is 0 Å². The number of benzene rings is 1. The quantitative estimate of drug-likeness (QED) is 0.875. The van der Waals surface area contributed by atoms with Crippen LogP contribution in [0.15, 0.2) is 36.5 Å². The summed E-state index contributed by atoms with van der Waals surface area (Å²) < 4.78 is 3.06. The number of aromatic nitrogens is 1. The largest absolute Gasteiger partial charge is 0.381 e. The van der Waals surface area contributed by atoms with E-state index in [2.05, 4.69) is 58.2 Å². The molecule has 4 heteroatoms. The van der Waals surface area contributed by atoms with Gasteiger partial charge in [0.25, 0.3) is 0 Å². The molecule has 0 atom stereocenters. The molecule has 3 nitrogen and oxygen atoms in total. The van der Waals surface area contributed by atoms with E-state index in [9.17, 15) is 0 Å². The molecule has 0 unspecified atom stereocenters. The number of nitrogens with zero attached hydrogens (tertiary/aromatic N) is 2. The number of anilines is 1. The van der Waals surface area contributed by atoms with E-state index in [0.717, 1.165) is 17.8 Å². The minimum absolute atomic E-state index is 0.685. The topological polar surface area (TPSA) is 40.8 Å². The monoisotopic (exact) mass is 337 g/mol. The van der Waals surface area contributed by atoms with Crippen LogP contribution in [0, 0.1) is 14.9 Å². The summed E-state index contributed by atoms with van der Waals surface area (Å²) in [5.41, 5.74) is 2.89. The molecule has 17 heavy (non-hydrogen) atoms. The average Bonchev–Trinajstić information content (AvgIpc) is 2.69. The predicted octanol–water partition coefficient (Wildman–Crippen LogP) is 3.11. The lowest BCUT2D eigenvalue weighted by Gasteiger charge is -2.04. The zero-order valence-corrected chi connectivity index (χ0v) is 11.6. The van der Waals surface area contributed by atoms with Crippen molar-refractivity contribution in [3.63, 3.8) is 0 Å². The Morgan fingerprint density at radius 3 is 2.65 bits per heavy atom. The zero-order valence-electron chi connectivity index (χ0n) is 9.44. The van der Waals surface area contributed by atoms with Gasteiger partial charge >= 0.3 is 0 Å². The average molecular weight is 337 g/mol. The summed E-state index contributed by atoms with van der Waals surface area (Å²) in [4.78, 5) is 0. The van der Waals surface area contributed by atoms with Crippen molar-refractivity contribution in [3.8, 4) is 6.07 Å². The lowest BCUT2D eigenvalue weighted by molar-refractivity contribution is 0.902. The summed E-state index contributed by atoms with van der Waals surface area (Å²) in [5.74, 6) is 0. The summed E-state index contributed by atoms with van der Waals surface area (Å²) in [6.07, 6.45) is 1.97. The van der Waals surface area contributed by atoms with Crippen LogP contribution in [-0.2, 0) is 13.6 Å². The van der Waals surface area contributed by atoms with Gasteiger partial charge in [-0.05, 0) is 58.5 Å². The molecule has 0 spiro atoms. The molecule has 86 valence electrons. The Balaban J connectivity index is 2.02. The fourth-order valence-corrected chi connectivity index (χ4v) is 1.97. The SMILES string of the molecule is Cn1cc(CNc2ccc(I)cc2)cc1C#N. The lowest BCUT2D eigenvalue weighted by atomic mass is 10.3. The van der Waals surface area contributed by atoms with Gasteiger partial charge in [0, 0.05) is 29.0 Å². The van der Waals surface area contributed by atoms with Crippen molar-refractivity contribution in [1.82, 2.24) is 4.57 Å². The van der Waals surface area contributed by atoms with Gasteiger partial charge in [-0.25, -0.2) is 0 Å². The van der Waals surface area contributed by atoms with Gasteiger partial charge in [0.15, 0.2) is 0 Å². The lowest BCUT2D eigenvalue weighted by Crippen LogP contribution is -1.98. The van der Waals surface area contributed by atoms with Crippen LogP contribution in [0.5, 0.6) is 0 Å². The molecule has 0 aliphatic rings. The molecule has 0 fully saturated rings. The normalized spacial score (nSPS) is 9.94. The highest BCUT2D eigenvalue weighted by Gasteiger charge is 2.01. The van der Waals surface area contributed by atoms with Gasteiger partial charge in [-0.3, -0.25) is 0 Å². The van der Waals surface area contributed by atoms with Crippen molar-refractivity contribution in [3.05, 3.63) is 51.4 Å². The summed E-state index contributed by atoms with van der Waals surface area (Å²) >= 11 is 2.28. The van der Waals surface area contributed by atoms with E-state index in [4.69, 9.17) is 5.26 Å². The van der Waals surface area contributed by atoms with E-state index in [0.29, 0.717) is 5.69 Å². The number of hydrogen-bond acceptors (Lipinski definition) is 2. The molecule has 2 aromatic rings. The van der Waals surface area contributed by atoms with Gasteiger partial charge in [-0.15, -0.1) is 0 Å². The van der Waals surface area contributed by atoms with Crippen LogP contribution in [0.3, 0.4) is 0 Å². The maximum absolute atomic E-state index is 8.86. The van der Waals surface area contributed by atoms with E-state index in [1.165, 1.54) is 3.57 Å². The predicted molar refractivity (Wildman–Crippen MR) is 76.6 cm³/mol. The summed E-state index contributed by atoms with van der Waals surface area (Å²) in [5, 5.41) is 12.2. The molecule has 0 saturated heterocycles. The van der Waals surface area contributed by atoms with Crippen molar-refractivity contribution in [1.29, 1.82) is 5.26 Å². The molecule has 0 radical (unpaired) electrons. The Bertz CT molecular complexity index is 549. The van der Waals surface area contributed by atoms with Crippen LogP contribution in [0.4, 0.5) is 5.69 Å². The zero-order chi connectivity index (χ0) is 12.3. The summed E-state index contributed by atoms with van der Waals surface area (Å²) in [6, 6.07) is 12.3. The molecule has 1 heterocycles.